The average Bonchev–Trinajstić information content (AvgIpc) is 3.61. The third-order valence-corrected chi connectivity index (χ3v) is 7.17. The summed E-state index contributed by atoms with van der Waals surface area (Å²) in [5.74, 6) is -1.34. The molecule has 16 heteroatoms. The van der Waals surface area contributed by atoms with E-state index in [4.69, 9.17) is 10.5 Å². The van der Waals surface area contributed by atoms with Gasteiger partial charge >= 0.3 is 6.18 Å². The first-order valence-corrected chi connectivity index (χ1v) is 12.4. The lowest BCUT2D eigenvalue weighted by Crippen LogP contribution is -2.57. The summed E-state index contributed by atoms with van der Waals surface area (Å²) in [7, 11) is 3.16. The highest BCUT2D eigenvalue weighted by molar-refractivity contribution is 7.12. The van der Waals surface area contributed by atoms with Gasteiger partial charge in [0.05, 0.1) is 31.8 Å². The maximum absolute atomic E-state index is 13.4. The van der Waals surface area contributed by atoms with Crippen molar-refractivity contribution < 1.29 is 27.5 Å². The Bertz CT molecular complexity index is 1580. The molecule has 0 saturated carbocycles. The predicted octanol–water partition coefficient (Wildman–Crippen LogP) is 2.36. The lowest BCUT2D eigenvalue weighted by molar-refractivity contribution is -0.156. The highest BCUT2D eigenvalue weighted by Crippen LogP contribution is 2.44. The Morgan fingerprint density at radius 2 is 1.95 bits per heavy atom. The number of benzene rings is 1. The van der Waals surface area contributed by atoms with Crippen molar-refractivity contribution in [3.63, 3.8) is 0 Å². The maximum Gasteiger partial charge on any atom is 0.391 e. The van der Waals surface area contributed by atoms with E-state index in [1.54, 1.807) is 11.6 Å². The molecule has 2 amide bonds. The molecule has 4 aromatic rings. The molecular formula is C23H22F3N9O3S. The normalized spacial score (nSPS) is 14.3. The number of methoxy groups -OCH3 is 1. The van der Waals surface area contributed by atoms with E-state index in [2.05, 4.69) is 30.9 Å². The van der Waals surface area contributed by atoms with Crippen molar-refractivity contribution in [3.05, 3.63) is 35.0 Å². The van der Waals surface area contributed by atoms with E-state index in [0.29, 0.717) is 46.4 Å². The van der Waals surface area contributed by atoms with Crippen molar-refractivity contribution >= 4 is 23.2 Å². The summed E-state index contributed by atoms with van der Waals surface area (Å²) in [6.07, 6.45) is -5.88. The van der Waals surface area contributed by atoms with Crippen LogP contribution in [0.25, 0.3) is 33.2 Å². The molecular weight excluding hydrogens is 539 g/mol. The van der Waals surface area contributed by atoms with Crippen LogP contribution in [0.4, 0.5) is 13.2 Å². The van der Waals surface area contributed by atoms with Crippen molar-refractivity contribution in [2.24, 2.45) is 12.8 Å². The minimum Gasteiger partial charge on any atom is -0.496 e. The monoisotopic (exact) mass is 561 g/mol. The number of nitrogens with two attached hydrogens (primary N) is 1. The molecule has 5 rings (SSSR count). The topological polar surface area (TPSA) is 156 Å². The Morgan fingerprint density at radius 3 is 2.54 bits per heavy atom. The number of fused-ring (bicyclic) bond motifs is 3. The lowest BCUT2D eigenvalue weighted by atomic mass is 9.93. The summed E-state index contributed by atoms with van der Waals surface area (Å²) in [5, 5.41) is 23.0. The van der Waals surface area contributed by atoms with Crippen LogP contribution in [0.1, 0.15) is 29.4 Å². The fourth-order valence-electron chi connectivity index (χ4n) is 4.64. The van der Waals surface area contributed by atoms with Crippen LogP contribution in [0.15, 0.2) is 23.7 Å². The number of aromatic nitrogens is 7. The molecule has 3 aromatic heterocycles. The summed E-state index contributed by atoms with van der Waals surface area (Å²) in [6, 6.07) is 5.20. The van der Waals surface area contributed by atoms with E-state index in [0.717, 1.165) is 18.1 Å². The first kappa shape index (κ1) is 26.3. The zero-order chi connectivity index (χ0) is 28.1. The number of ether oxygens (including phenoxy) is 1. The fourth-order valence-corrected chi connectivity index (χ4v) is 5.21. The van der Waals surface area contributed by atoms with Crippen LogP contribution in [-0.4, -0.2) is 65.6 Å². The highest BCUT2D eigenvalue weighted by Gasteiger charge is 2.45. The molecule has 39 heavy (non-hydrogen) atoms. The molecule has 0 unspecified atom stereocenters. The largest absolute Gasteiger partial charge is 0.496 e. The van der Waals surface area contributed by atoms with Crippen molar-refractivity contribution in [2.45, 2.75) is 38.0 Å². The number of nitrogens with zero attached hydrogens (tertiary/aromatic N) is 7. The summed E-state index contributed by atoms with van der Waals surface area (Å²) < 4.78 is 47.0. The van der Waals surface area contributed by atoms with E-state index in [9.17, 15) is 22.8 Å². The zero-order valence-electron chi connectivity index (χ0n) is 20.9. The first-order chi connectivity index (χ1) is 18.4. The highest BCUT2D eigenvalue weighted by atomic mass is 32.1. The number of rotatable bonds is 7. The quantitative estimate of drug-likeness (QED) is 0.348. The van der Waals surface area contributed by atoms with E-state index in [1.165, 1.54) is 34.8 Å². The second kappa shape index (κ2) is 9.44. The molecule has 0 spiro atoms. The zero-order valence-corrected chi connectivity index (χ0v) is 21.7. The minimum atomic E-state index is -4.74. The van der Waals surface area contributed by atoms with Crippen LogP contribution in [-0.2, 0) is 24.8 Å². The molecule has 1 aromatic carbocycles. The Hall–Kier alpha value is -4.34. The minimum absolute atomic E-state index is 0.0468. The van der Waals surface area contributed by atoms with E-state index < -0.39 is 30.0 Å². The van der Waals surface area contributed by atoms with Gasteiger partial charge in [-0.3, -0.25) is 9.59 Å². The number of hydrogen-bond donors (Lipinski definition) is 2. The van der Waals surface area contributed by atoms with Gasteiger partial charge in [0, 0.05) is 17.7 Å². The molecule has 12 nitrogen and oxygen atoms in total. The molecule has 1 atom stereocenters. The van der Waals surface area contributed by atoms with Gasteiger partial charge in [0.25, 0.3) is 5.91 Å². The molecule has 1 aliphatic heterocycles. The number of primary amides is 1. The molecule has 0 bridgehead atoms. The van der Waals surface area contributed by atoms with E-state index >= 15 is 0 Å². The Labute approximate surface area is 223 Å². The van der Waals surface area contributed by atoms with Gasteiger partial charge in [-0.1, -0.05) is 11.3 Å². The Balaban J connectivity index is 1.66. The van der Waals surface area contributed by atoms with Crippen LogP contribution in [0.3, 0.4) is 0 Å². The van der Waals surface area contributed by atoms with Gasteiger partial charge in [0.2, 0.25) is 11.7 Å². The van der Waals surface area contributed by atoms with Crippen molar-refractivity contribution in [3.8, 4) is 39.0 Å². The smallest absolute Gasteiger partial charge is 0.391 e. The molecule has 0 fully saturated rings. The van der Waals surface area contributed by atoms with Gasteiger partial charge < -0.3 is 20.4 Å². The number of hydrogen-bond acceptors (Lipinski definition) is 9. The van der Waals surface area contributed by atoms with Gasteiger partial charge in [0.15, 0.2) is 0 Å². The lowest BCUT2D eigenvalue weighted by Gasteiger charge is -2.29. The van der Waals surface area contributed by atoms with Crippen LogP contribution in [0.2, 0.25) is 0 Å². The second-order valence-electron chi connectivity index (χ2n) is 9.19. The molecule has 0 aliphatic carbocycles. The molecule has 0 radical (unpaired) electrons. The average molecular weight is 562 g/mol. The van der Waals surface area contributed by atoms with Gasteiger partial charge in [-0.15, -0.1) is 20.4 Å². The van der Waals surface area contributed by atoms with Gasteiger partial charge in [-0.05, 0) is 42.3 Å². The number of halogens is 3. The van der Waals surface area contributed by atoms with E-state index in [1.807, 2.05) is 12.1 Å². The summed E-state index contributed by atoms with van der Waals surface area (Å²) in [5.41, 5.74) is 7.83. The number of amides is 2. The van der Waals surface area contributed by atoms with Crippen LogP contribution in [0.5, 0.6) is 5.75 Å². The number of aryl methyl sites for hydroxylation is 2. The standard InChI is InChI=1S/C23H22F3N9O3S/c1-22(21(27)37,9-23(24,25)26)29-19(36)15-8-14(20-31-28-10-39-20)17-12-7-13(18-30-33-34(2)32-18)16(38-3)6-11(12)4-5-35(15)17/h6-8,10H,4-5,9H2,1-3H3,(H2,27,37)(H,29,36)/t22-/m0/s1. The molecule has 1 aliphatic rings. The maximum atomic E-state index is 13.4. The third-order valence-electron chi connectivity index (χ3n) is 6.44. The fraction of sp³-hybridized carbons (Fsp3) is 0.348. The Morgan fingerprint density at radius 1 is 1.18 bits per heavy atom. The number of nitrogens with one attached hydrogen (secondary N) is 1. The summed E-state index contributed by atoms with van der Waals surface area (Å²) >= 11 is 1.23. The van der Waals surface area contributed by atoms with Gasteiger partial charge in [-0.2, -0.15) is 18.0 Å². The van der Waals surface area contributed by atoms with Crippen molar-refractivity contribution in [2.75, 3.05) is 7.11 Å². The third kappa shape index (κ3) is 4.82. The van der Waals surface area contributed by atoms with Gasteiger partial charge in [0.1, 0.15) is 27.5 Å². The van der Waals surface area contributed by atoms with Crippen molar-refractivity contribution in [1.29, 1.82) is 0 Å². The van der Waals surface area contributed by atoms with E-state index in [-0.39, 0.29) is 5.69 Å². The first-order valence-electron chi connectivity index (χ1n) is 11.5. The number of carbonyl (C=O) groups is 2. The Kier molecular flexibility index (Phi) is 6.36. The second-order valence-corrected chi connectivity index (χ2v) is 10.0. The van der Waals surface area contributed by atoms with Crippen LogP contribution >= 0.6 is 11.3 Å². The SMILES string of the molecule is COc1cc2c(cc1-c1nnn(C)n1)-c1c(-c3nncs3)cc(C(=O)N[C@@](C)(CC(F)(F)F)C(N)=O)n1CC2. The molecule has 3 N–H and O–H groups in total. The molecule has 204 valence electrons. The number of alkyl halides is 3. The number of carbonyl (C=O) groups excluding carboxylic acids is 2. The molecule has 4 heterocycles. The van der Waals surface area contributed by atoms with Crippen LogP contribution in [0, 0.1) is 0 Å². The summed E-state index contributed by atoms with van der Waals surface area (Å²) in [6.45, 7) is 1.27. The van der Waals surface area contributed by atoms with Crippen LogP contribution < -0.4 is 15.8 Å². The molecule has 0 saturated heterocycles. The summed E-state index contributed by atoms with van der Waals surface area (Å²) in [4.78, 5) is 26.7. The van der Waals surface area contributed by atoms with Gasteiger partial charge in [-0.25, -0.2) is 0 Å². The van der Waals surface area contributed by atoms with Crippen molar-refractivity contribution in [1.82, 2.24) is 40.3 Å². The predicted molar refractivity (Wildman–Crippen MR) is 133 cm³/mol. The number of tetrazole rings is 1.